The minimum Gasteiger partial charge on any atom is -0.463 e. The second-order valence-corrected chi connectivity index (χ2v) is 6.73. The molecule has 1 aliphatic rings. The number of rotatable bonds is 9. The number of nitriles is 1. The van der Waals surface area contributed by atoms with Crippen molar-refractivity contribution < 1.29 is 23.4 Å². The first-order valence-corrected chi connectivity index (χ1v) is 9.76. The van der Waals surface area contributed by atoms with Gasteiger partial charge in [-0.2, -0.15) is 5.26 Å². The summed E-state index contributed by atoms with van der Waals surface area (Å²) in [6.45, 7) is 6.23. The Morgan fingerprint density at radius 3 is 2.72 bits per heavy atom. The van der Waals surface area contributed by atoms with Crippen molar-refractivity contribution in [3.05, 3.63) is 57.9 Å². The number of benzene rings is 1. The van der Waals surface area contributed by atoms with Gasteiger partial charge in [0.1, 0.15) is 23.2 Å². The molecule has 1 aromatic rings. The van der Waals surface area contributed by atoms with Crippen LogP contribution in [0.5, 0.6) is 0 Å². The summed E-state index contributed by atoms with van der Waals surface area (Å²) >= 11 is 0. The van der Waals surface area contributed by atoms with E-state index in [4.69, 9.17) is 19.9 Å². The number of carbonyl (C=O) groups excluding carboxylic acids is 1. The van der Waals surface area contributed by atoms with Gasteiger partial charge in [0.2, 0.25) is 5.88 Å². The minimum absolute atomic E-state index is 0.0432. The molecule has 0 amide bonds. The van der Waals surface area contributed by atoms with Crippen LogP contribution in [-0.4, -0.2) is 19.2 Å². The van der Waals surface area contributed by atoms with Gasteiger partial charge in [0.05, 0.1) is 24.7 Å². The summed E-state index contributed by atoms with van der Waals surface area (Å²) in [5.74, 6) is -1.83. The summed E-state index contributed by atoms with van der Waals surface area (Å²) in [6, 6.07) is 6.55. The van der Waals surface area contributed by atoms with Crippen LogP contribution >= 0.6 is 0 Å². The van der Waals surface area contributed by atoms with E-state index in [1.54, 1.807) is 26.0 Å². The van der Waals surface area contributed by atoms with Crippen LogP contribution in [0, 0.1) is 17.1 Å². The first-order valence-electron chi connectivity index (χ1n) is 9.76. The number of hydrogen-bond acceptors (Lipinski definition) is 6. The summed E-state index contributed by atoms with van der Waals surface area (Å²) in [5, 5.41) is 9.56. The van der Waals surface area contributed by atoms with Crippen molar-refractivity contribution in [1.82, 2.24) is 0 Å². The summed E-state index contributed by atoms with van der Waals surface area (Å²) in [4.78, 5) is 12.5. The number of nitrogens with zero attached hydrogens (tertiary/aromatic N) is 1. The van der Waals surface area contributed by atoms with Crippen LogP contribution in [0.15, 0.2) is 41.0 Å². The Balaban J connectivity index is 2.33. The second kappa shape index (κ2) is 10.6. The Labute approximate surface area is 170 Å². The molecule has 2 rings (SSSR count). The number of halogens is 1. The lowest BCUT2D eigenvalue weighted by atomic mass is 9.82. The average molecular weight is 402 g/mol. The minimum atomic E-state index is -0.859. The van der Waals surface area contributed by atoms with Crippen molar-refractivity contribution >= 4 is 5.97 Å². The first-order chi connectivity index (χ1) is 13.9. The third kappa shape index (κ3) is 5.36. The molecule has 0 radical (unpaired) electrons. The van der Waals surface area contributed by atoms with Gasteiger partial charge in [0, 0.05) is 12.2 Å². The number of nitrogens with two attached hydrogens (primary N) is 1. The van der Waals surface area contributed by atoms with Crippen LogP contribution in [0.1, 0.15) is 57.1 Å². The highest BCUT2D eigenvalue weighted by molar-refractivity contribution is 5.92. The highest BCUT2D eigenvalue weighted by atomic mass is 19.1. The molecule has 0 spiro atoms. The van der Waals surface area contributed by atoms with Gasteiger partial charge in [-0.1, -0.05) is 31.9 Å². The molecule has 1 aliphatic heterocycles. The number of ether oxygens (including phenoxy) is 3. The van der Waals surface area contributed by atoms with E-state index in [1.165, 1.54) is 6.07 Å². The molecule has 0 bridgehead atoms. The van der Waals surface area contributed by atoms with Crippen molar-refractivity contribution in [2.75, 3.05) is 13.2 Å². The van der Waals surface area contributed by atoms with Crippen molar-refractivity contribution in [2.45, 2.75) is 52.6 Å². The lowest BCUT2D eigenvalue weighted by molar-refractivity contribution is -0.139. The zero-order valence-electron chi connectivity index (χ0n) is 17.1. The zero-order chi connectivity index (χ0) is 21.4. The maximum absolute atomic E-state index is 14.7. The third-order valence-corrected chi connectivity index (χ3v) is 4.66. The SMILES string of the molecule is CCCCCOCc1ccc(C2C(C#N)=C(N)OC(C)=C2C(=O)OCC)cc1F. The Morgan fingerprint density at radius 2 is 2.10 bits per heavy atom. The molecule has 2 N–H and O–H groups in total. The maximum Gasteiger partial charge on any atom is 0.338 e. The van der Waals surface area contributed by atoms with E-state index < -0.39 is 17.7 Å². The van der Waals surface area contributed by atoms with Crippen LogP contribution in [0.3, 0.4) is 0 Å². The van der Waals surface area contributed by atoms with Crippen molar-refractivity contribution in [1.29, 1.82) is 5.26 Å². The molecule has 1 unspecified atom stereocenters. The maximum atomic E-state index is 14.7. The van der Waals surface area contributed by atoms with E-state index >= 15 is 0 Å². The van der Waals surface area contributed by atoms with Gasteiger partial charge in [0.25, 0.3) is 0 Å². The van der Waals surface area contributed by atoms with E-state index in [-0.39, 0.29) is 36.0 Å². The summed E-state index contributed by atoms with van der Waals surface area (Å²) in [6.07, 6.45) is 3.09. The molecular weight excluding hydrogens is 375 g/mol. The van der Waals surface area contributed by atoms with Gasteiger partial charge in [-0.3, -0.25) is 0 Å². The second-order valence-electron chi connectivity index (χ2n) is 6.73. The highest BCUT2D eigenvalue weighted by Gasteiger charge is 2.36. The van der Waals surface area contributed by atoms with Crippen molar-refractivity contribution in [3.8, 4) is 6.07 Å². The monoisotopic (exact) mass is 402 g/mol. The largest absolute Gasteiger partial charge is 0.463 e. The Bertz CT molecular complexity index is 855. The first kappa shape index (κ1) is 22.4. The number of unbranched alkanes of at least 4 members (excludes halogenated alkanes) is 2. The van der Waals surface area contributed by atoms with Gasteiger partial charge in [-0.05, 0) is 31.9 Å². The van der Waals surface area contributed by atoms with E-state index in [0.717, 1.165) is 19.3 Å². The Hall–Kier alpha value is -2.85. The summed E-state index contributed by atoms with van der Waals surface area (Å²) in [5.41, 5.74) is 6.86. The molecule has 0 saturated carbocycles. The van der Waals surface area contributed by atoms with E-state index in [9.17, 15) is 14.4 Å². The fourth-order valence-corrected chi connectivity index (χ4v) is 3.18. The number of hydrogen-bond donors (Lipinski definition) is 1. The molecule has 1 aromatic carbocycles. The Morgan fingerprint density at radius 1 is 1.34 bits per heavy atom. The van der Waals surface area contributed by atoms with Crippen LogP contribution < -0.4 is 5.73 Å². The summed E-state index contributed by atoms with van der Waals surface area (Å²) < 4.78 is 30.7. The Kier molecular flexibility index (Phi) is 8.22. The van der Waals surface area contributed by atoms with E-state index in [0.29, 0.717) is 17.7 Å². The fraction of sp³-hybridized carbons (Fsp3) is 0.455. The molecule has 7 heteroatoms. The average Bonchev–Trinajstić information content (AvgIpc) is 2.68. The molecular formula is C22H27FN2O4. The van der Waals surface area contributed by atoms with Gasteiger partial charge in [-0.25, -0.2) is 9.18 Å². The van der Waals surface area contributed by atoms with Crippen LogP contribution in [0.25, 0.3) is 0 Å². The molecule has 29 heavy (non-hydrogen) atoms. The zero-order valence-corrected chi connectivity index (χ0v) is 17.1. The van der Waals surface area contributed by atoms with Crippen molar-refractivity contribution in [3.63, 3.8) is 0 Å². The molecule has 1 atom stereocenters. The molecule has 0 aromatic heterocycles. The molecule has 0 saturated heterocycles. The molecule has 6 nitrogen and oxygen atoms in total. The molecule has 1 heterocycles. The van der Waals surface area contributed by atoms with Crippen LogP contribution in [0.4, 0.5) is 4.39 Å². The van der Waals surface area contributed by atoms with E-state index in [1.807, 2.05) is 6.07 Å². The van der Waals surface area contributed by atoms with Gasteiger partial charge in [0.15, 0.2) is 0 Å². The van der Waals surface area contributed by atoms with Gasteiger partial charge < -0.3 is 19.9 Å². The molecule has 0 fully saturated rings. The quantitative estimate of drug-likeness (QED) is 0.492. The lowest BCUT2D eigenvalue weighted by Gasteiger charge is -2.27. The van der Waals surface area contributed by atoms with Gasteiger partial charge >= 0.3 is 5.97 Å². The lowest BCUT2D eigenvalue weighted by Crippen LogP contribution is -2.25. The fourth-order valence-electron chi connectivity index (χ4n) is 3.18. The number of allylic oxidation sites excluding steroid dienone is 2. The number of carbonyl (C=O) groups is 1. The third-order valence-electron chi connectivity index (χ3n) is 4.66. The topological polar surface area (TPSA) is 94.6 Å². The predicted octanol–water partition coefficient (Wildman–Crippen LogP) is 4.18. The normalized spacial score (nSPS) is 16.4. The van der Waals surface area contributed by atoms with Crippen LogP contribution in [-0.2, 0) is 25.6 Å². The summed E-state index contributed by atoms with van der Waals surface area (Å²) in [7, 11) is 0. The predicted molar refractivity (Wildman–Crippen MR) is 106 cm³/mol. The van der Waals surface area contributed by atoms with E-state index in [2.05, 4.69) is 6.92 Å². The van der Waals surface area contributed by atoms with Crippen molar-refractivity contribution in [2.24, 2.45) is 5.73 Å². The standard InChI is InChI=1S/C22H27FN2O4/c1-4-6-7-10-27-13-16-9-8-15(11-18(16)23)20-17(12-24)21(25)29-14(3)19(20)22(26)28-5-2/h8-9,11,20H,4-7,10,13,25H2,1-3H3. The number of esters is 1. The smallest absolute Gasteiger partial charge is 0.338 e. The van der Waals surface area contributed by atoms with Gasteiger partial charge in [-0.15, -0.1) is 0 Å². The molecule has 156 valence electrons. The van der Waals surface area contributed by atoms with Crippen LogP contribution in [0.2, 0.25) is 0 Å². The highest BCUT2D eigenvalue weighted by Crippen LogP contribution is 2.40. The molecule has 0 aliphatic carbocycles.